The summed E-state index contributed by atoms with van der Waals surface area (Å²) in [6.45, 7) is 11.0. The topological polar surface area (TPSA) is 0 Å². The van der Waals surface area contributed by atoms with Crippen LogP contribution in [0.25, 0.3) is 0 Å². The average molecular weight is 484 g/mol. The number of rotatable bonds is 5. The summed E-state index contributed by atoms with van der Waals surface area (Å²) in [6.07, 6.45) is 2.35. The second-order valence-electron chi connectivity index (χ2n) is 7.58. The quantitative estimate of drug-likeness (QED) is 0.285. The van der Waals surface area contributed by atoms with Crippen molar-refractivity contribution in [3.05, 3.63) is 99.1 Å². The summed E-state index contributed by atoms with van der Waals surface area (Å²) in [7, 11) is 0. The number of hydrogen-bond donors (Lipinski definition) is 0. The van der Waals surface area contributed by atoms with Crippen LogP contribution in [0.4, 0.5) is 0 Å². The van der Waals surface area contributed by atoms with Gasteiger partial charge in [-0.1, -0.05) is 78.4 Å². The van der Waals surface area contributed by atoms with Crippen molar-refractivity contribution in [1.82, 2.24) is 0 Å². The summed E-state index contributed by atoms with van der Waals surface area (Å²) in [5.74, 6) is 0.308. The van der Waals surface area contributed by atoms with Gasteiger partial charge in [0.2, 0.25) is 0 Å². The maximum absolute atomic E-state index is 2.41. The van der Waals surface area contributed by atoms with E-state index in [0.29, 0.717) is 5.92 Å². The fourth-order valence-electron chi connectivity index (χ4n) is 4.07. The van der Waals surface area contributed by atoms with Gasteiger partial charge in [-0.25, -0.2) is 6.07 Å². The first kappa shape index (κ1) is 30.6. The van der Waals surface area contributed by atoms with Crippen molar-refractivity contribution in [2.45, 2.75) is 53.4 Å². The standard InChI is InChI=1S/C25H29.3ClH.Ti/c1-6-7-21-8-9-22(16-21)25(23-12-17(2)10-18(3)13-23)24-14-19(4)11-20(5)15-24;;;;/h8-16,25H,6-7H2,1-5H3;3*1H;/q-1;;;;+4/p-3. The first-order valence-electron chi connectivity index (χ1n) is 9.38. The molecular weight excluding hydrogens is 455 g/mol. The van der Waals surface area contributed by atoms with Crippen LogP contribution in [-0.4, -0.2) is 0 Å². The predicted octanol–water partition coefficient (Wildman–Crippen LogP) is -2.22. The van der Waals surface area contributed by atoms with Gasteiger partial charge >= 0.3 is 21.7 Å². The van der Waals surface area contributed by atoms with Crippen molar-refractivity contribution in [2.24, 2.45) is 0 Å². The molecule has 0 aromatic heterocycles. The van der Waals surface area contributed by atoms with Crippen LogP contribution in [0.1, 0.15) is 63.8 Å². The third-order valence-corrected chi connectivity index (χ3v) is 4.87. The van der Waals surface area contributed by atoms with Crippen molar-refractivity contribution in [3.8, 4) is 0 Å². The van der Waals surface area contributed by atoms with Crippen LogP contribution in [-0.2, 0) is 28.1 Å². The Labute approximate surface area is 210 Å². The Morgan fingerprint density at radius 2 is 1.14 bits per heavy atom. The molecule has 0 atom stereocenters. The molecule has 0 fully saturated rings. The normalized spacial score (nSPS) is 9.72. The van der Waals surface area contributed by atoms with Gasteiger partial charge in [0.05, 0.1) is 0 Å². The predicted molar refractivity (Wildman–Crippen MR) is 109 cm³/mol. The van der Waals surface area contributed by atoms with E-state index in [0.717, 1.165) is 6.42 Å². The minimum atomic E-state index is 0. The van der Waals surface area contributed by atoms with Gasteiger partial charge in [0.15, 0.2) is 0 Å². The second kappa shape index (κ2) is 13.6. The Morgan fingerprint density at radius 1 is 0.724 bits per heavy atom. The Bertz CT molecular complexity index is 792. The Kier molecular flexibility index (Phi) is 14.4. The molecule has 3 aromatic carbocycles. The largest absolute Gasteiger partial charge is 4.00 e. The van der Waals surface area contributed by atoms with Gasteiger partial charge in [-0.15, -0.1) is 5.56 Å². The molecule has 0 amide bonds. The zero-order chi connectivity index (χ0) is 18.0. The molecule has 0 N–H and O–H groups in total. The van der Waals surface area contributed by atoms with E-state index in [1.165, 1.54) is 50.9 Å². The third kappa shape index (κ3) is 7.85. The SMILES string of the molecule is CCCc1cc[c-](C(c2cc(C)cc(C)c2)c2cc(C)cc(C)c2)c1.[Cl-].[Cl-].[Cl-].[Ti+4]. The number of hydrogen-bond acceptors (Lipinski definition) is 0. The first-order valence-corrected chi connectivity index (χ1v) is 9.38. The molecule has 3 aromatic rings. The van der Waals surface area contributed by atoms with E-state index in [2.05, 4.69) is 89.2 Å². The van der Waals surface area contributed by atoms with Crippen molar-refractivity contribution < 1.29 is 58.9 Å². The minimum Gasteiger partial charge on any atom is -1.00 e. The van der Waals surface area contributed by atoms with E-state index < -0.39 is 0 Å². The van der Waals surface area contributed by atoms with Crippen LogP contribution in [0.5, 0.6) is 0 Å². The Balaban J connectivity index is 0. The van der Waals surface area contributed by atoms with Crippen LogP contribution >= 0.6 is 0 Å². The van der Waals surface area contributed by atoms with E-state index in [-0.39, 0.29) is 58.9 Å². The summed E-state index contributed by atoms with van der Waals surface area (Å²) in [4.78, 5) is 0. The molecule has 0 aliphatic heterocycles. The van der Waals surface area contributed by atoms with E-state index in [9.17, 15) is 0 Å². The molecule has 0 saturated heterocycles. The van der Waals surface area contributed by atoms with E-state index in [1.54, 1.807) is 0 Å². The smallest absolute Gasteiger partial charge is 1.00 e. The van der Waals surface area contributed by atoms with Crippen LogP contribution in [0.15, 0.2) is 54.6 Å². The van der Waals surface area contributed by atoms with Gasteiger partial charge in [0, 0.05) is 0 Å². The first-order chi connectivity index (χ1) is 12.0. The summed E-state index contributed by atoms with van der Waals surface area (Å²) in [6, 6.07) is 20.9. The Morgan fingerprint density at radius 3 is 1.52 bits per heavy atom. The fourth-order valence-corrected chi connectivity index (χ4v) is 4.07. The summed E-state index contributed by atoms with van der Waals surface area (Å²) in [5, 5.41) is 0. The minimum absolute atomic E-state index is 0. The van der Waals surface area contributed by atoms with Gasteiger partial charge in [0.1, 0.15) is 0 Å². The summed E-state index contributed by atoms with van der Waals surface area (Å²) < 4.78 is 0. The summed E-state index contributed by atoms with van der Waals surface area (Å²) >= 11 is 0. The molecule has 0 radical (unpaired) electrons. The maximum atomic E-state index is 2.41. The van der Waals surface area contributed by atoms with Gasteiger partial charge in [0.25, 0.3) is 0 Å². The number of aryl methyl sites for hydroxylation is 5. The molecule has 154 valence electrons. The molecule has 0 aliphatic rings. The van der Waals surface area contributed by atoms with E-state index in [4.69, 9.17) is 0 Å². The molecule has 0 saturated carbocycles. The molecule has 0 unspecified atom stereocenters. The van der Waals surface area contributed by atoms with Crippen LogP contribution < -0.4 is 37.2 Å². The van der Waals surface area contributed by atoms with Crippen molar-refractivity contribution >= 4 is 0 Å². The molecule has 4 heteroatoms. The maximum Gasteiger partial charge on any atom is 4.00 e. The van der Waals surface area contributed by atoms with Crippen LogP contribution in [0.3, 0.4) is 0 Å². The molecule has 0 heterocycles. The molecule has 0 spiro atoms. The number of halogens is 3. The van der Waals surface area contributed by atoms with Gasteiger partial charge < -0.3 is 37.2 Å². The van der Waals surface area contributed by atoms with E-state index in [1.807, 2.05) is 0 Å². The average Bonchev–Trinajstić information content (AvgIpc) is 2.94. The summed E-state index contributed by atoms with van der Waals surface area (Å²) in [5.41, 5.74) is 11.0. The van der Waals surface area contributed by atoms with Crippen molar-refractivity contribution in [1.29, 1.82) is 0 Å². The zero-order valence-corrected chi connectivity index (χ0v) is 21.7. The molecule has 29 heavy (non-hydrogen) atoms. The van der Waals surface area contributed by atoms with Crippen LogP contribution in [0, 0.1) is 27.7 Å². The third-order valence-electron chi connectivity index (χ3n) is 4.87. The monoisotopic (exact) mass is 482 g/mol. The van der Waals surface area contributed by atoms with Gasteiger partial charge in [-0.3, -0.25) is 0 Å². The van der Waals surface area contributed by atoms with Crippen LogP contribution in [0.2, 0.25) is 0 Å². The van der Waals surface area contributed by atoms with E-state index >= 15 is 0 Å². The van der Waals surface area contributed by atoms with Crippen molar-refractivity contribution in [3.63, 3.8) is 0 Å². The molecule has 0 aliphatic carbocycles. The fraction of sp³-hybridized carbons (Fsp3) is 0.320. The van der Waals surface area contributed by atoms with Crippen molar-refractivity contribution in [2.75, 3.05) is 0 Å². The molecular formula is C25H29Cl3Ti. The zero-order valence-electron chi connectivity index (χ0n) is 17.8. The Hall–Kier alpha value is -0.626. The molecule has 0 nitrogen and oxygen atoms in total. The molecule has 3 rings (SSSR count). The number of benzene rings is 2. The second-order valence-corrected chi connectivity index (χ2v) is 7.58. The van der Waals surface area contributed by atoms with Gasteiger partial charge in [-0.2, -0.15) is 17.7 Å². The molecule has 0 bridgehead atoms. The van der Waals surface area contributed by atoms with Gasteiger partial charge in [-0.05, 0) is 44.7 Å².